The predicted octanol–water partition coefficient (Wildman–Crippen LogP) is 4.36. The number of non-ortho nitro benzene ring substituents is 1. The van der Waals surface area contributed by atoms with Crippen molar-refractivity contribution >= 4 is 23.7 Å². The van der Waals surface area contributed by atoms with Crippen molar-refractivity contribution in [3.8, 4) is 11.5 Å². The largest absolute Gasteiger partial charge is 0.493 e. The first-order chi connectivity index (χ1) is 16.4. The van der Waals surface area contributed by atoms with Crippen LogP contribution in [0.2, 0.25) is 0 Å². The Morgan fingerprint density at radius 3 is 2.24 bits per heavy atom. The van der Waals surface area contributed by atoms with E-state index < -0.39 is 23.2 Å². The predicted molar refractivity (Wildman–Crippen MR) is 120 cm³/mol. The summed E-state index contributed by atoms with van der Waals surface area (Å²) in [5.41, 5.74) is 1.54. The molecule has 3 aromatic rings. The number of nitro groups is 1. The summed E-state index contributed by atoms with van der Waals surface area (Å²) in [4.78, 5) is 35.2. The maximum Gasteiger partial charge on any atom is 0.348 e. The summed E-state index contributed by atoms with van der Waals surface area (Å²) in [6, 6.07) is 19.6. The quantitative estimate of drug-likeness (QED) is 0.168. The van der Waals surface area contributed by atoms with Crippen LogP contribution in [0.5, 0.6) is 11.5 Å². The van der Waals surface area contributed by atoms with Gasteiger partial charge in [0.1, 0.15) is 12.2 Å². The Labute approximate surface area is 194 Å². The average Bonchev–Trinajstić information content (AvgIpc) is 2.86. The van der Waals surface area contributed by atoms with Crippen LogP contribution in [0, 0.1) is 10.1 Å². The molecule has 9 nitrogen and oxygen atoms in total. The molecule has 1 aliphatic rings. The maximum absolute atomic E-state index is 12.5. The van der Waals surface area contributed by atoms with Gasteiger partial charge in [0.05, 0.1) is 12.0 Å². The van der Waals surface area contributed by atoms with E-state index in [1.54, 1.807) is 60.7 Å². The third-order valence-corrected chi connectivity index (χ3v) is 4.98. The van der Waals surface area contributed by atoms with Crippen molar-refractivity contribution in [3.63, 3.8) is 0 Å². The van der Waals surface area contributed by atoms with Gasteiger partial charge in [0.25, 0.3) is 12.0 Å². The second-order valence-corrected chi connectivity index (χ2v) is 7.23. The van der Waals surface area contributed by atoms with Crippen LogP contribution in [0.4, 0.5) is 5.69 Å². The SMILES string of the molecule is COc1cc(C=C2C(=O)OC(c3ccccc3)OC2=O)ccc1OCc1ccc([N+](=O)[O-])cc1. The number of methoxy groups -OCH3 is 1. The van der Waals surface area contributed by atoms with Crippen molar-refractivity contribution in [1.82, 2.24) is 0 Å². The second-order valence-electron chi connectivity index (χ2n) is 7.23. The molecule has 1 fully saturated rings. The second kappa shape index (κ2) is 9.86. The van der Waals surface area contributed by atoms with E-state index >= 15 is 0 Å². The molecule has 0 bridgehead atoms. The number of hydrogen-bond acceptors (Lipinski definition) is 8. The van der Waals surface area contributed by atoms with E-state index in [-0.39, 0.29) is 17.9 Å². The van der Waals surface area contributed by atoms with Crippen molar-refractivity contribution in [2.75, 3.05) is 7.11 Å². The molecule has 4 rings (SSSR count). The standard InChI is InChI=1S/C25H19NO8/c1-31-22-14-17(9-12-21(22)32-15-16-7-10-19(11-8-16)26(29)30)13-20-23(27)33-25(34-24(20)28)18-5-3-2-4-6-18/h2-14,25H,15H2,1H3. The molecule has 1 saturated heterocycles. The van der Waals surface area contributed by atoms with Crippen LogP contribution in [0.15, 0.2) is 78.4 Å². The fourth-order valence-electron chi connectivity index (χ4n) is 3.23. The third-order valence-electron chi connectivity index (χ3n) is 4.98. The normalized spacial score (nSPS) is 15.2. The molecule has 0 amide bonds. The topological polar surface area (TPSA) is 114 Å². The third kappa shape index (κ3) is 5.04. The molecular formula is C25H19NO8. The number of rotatable bonds is 7. The van der Waals surface area contributed by atoms with E-state index in [9.17, 15) is 19.7 Å². The maximum atomic E-state index is 12.5. The molecule has 34 heavy (non-hydrogen) atoms. The molecule has 0 spiro atoms. The Bertz CT molecular complexity index is 1230. The summed E-state index contributed by atoms with van der Waals surface area (Å²) in [6.45, 7) is 0.161. The minimum atomic E-state index is -1.09. The van der Waals surface area contributed by atoms with E-state index in [1.165, 1.54) is 25.3 Å². The highest BCUT2D eigenvalue weighted by Gasteiger charge is 2.34. The molecule has 0 saturated carbocycles. The number of nitrogens with zero attached hydrogens (tertiary/aromatic N) is 1. The van der Waals surface area contributed by atoms with Gasteiger partial charge in [-0.05, 0) is 41.5 Å². The number of ether oxygens (including phenoxy) is 4. The molecule has 0 aliphatic carbocycles. The molecule has 0 aromatic heterocycles. The van der Waals surface area contributed by atoms with E-state index in [0.717, 1.165) is 5.56 Å². The van der Waals surface area contributed by atoms with E-state index in [4.69, 9.17) is 18.9 Å². The Kier molecular flexibility index (Phi) is 6.54. The van der Waals surface area contributed by atoms with E-state index in [0.29, 0.717) is 22.6 Å². The van der Waals surface area contributed by atoms with Crippen LogP contribution >= 0.6 is 0 Å². The highest BCUT2D eigenvalue weighted by atomic mass is 16.7. The fourth-order valence-corrected chi connectivity index (χ4v) is 3.23. The number of esters is 2. The lowest BCUT2D eigenvalue weighted by Crippen LogP contribution is -2.29. The molecule has 0 atom stereocenters. The fraction of sp³-hybridized carbons (Fsp3) is 0.120. The minimum absolute atomic E-state index is 0.00595. The van der Waals surface area contributed by atoms with Gasteiger partial charge in [-0.2, -0.15) is 0 Å². The summed E-state index contributed by atoms with van der Waals surface area (Å²) < 4.78 is 21.7. The van der Waals surface area contributed by atoms with Crippen LogP contribution in [0.25, 0.3) is 6.08 Å². The first-order valence-electron chi connectivity index (χ1n) is 10.2. The van der Waals surface area contributed by atoms with Crippen LogP contribution < -0.4 is 9.47 Å². The van der Waals surface area contributed by atoms with Crippen LogP contribution in [0.1, 0.15) is 23.0 Å². The van der Waals surface area contributed by atoms with Gasteiger partial charge >= 0.3 is 11.9 Å². The molecule has 9 heteroatoms. The summed E-state index contributed by atoms with van der Waals surface area (Å²) in [7, 11) is 1.46. The van der Waals surface area contributed by atoms with Crippen LogP contribution in [-0.2, 0) is 25.7 Å². The van der Waals surface area contributed by atoms with Crippen molar-refractivity contribution < 1.29 is 33.5 Å². The Hall–Kier alpha value is -4.66. The van der Waals surface area contributed by atoms with Gasteiger partial charge in [0, 0.05) is 17.7 Å². The van der Waals surface area contributed by atoms with Gasteiger partial charge in [-0.25, -0.2) is 9.59 Å². The molecule has 3 aromatic carbocycles. The number of benzene rings is 3. The smallest absolute Gasteiger partial charge is 0.348 e. The molecule has 172 valence electrons. The number of carbonyl (C=O) groups is 2. The van der Waals surface area contributed by atoms with Crippen molar-refractivity contribution in [2.24, 2.45) is 0 Å². The van der Waals surface area contributed by atoms with Crippen molar-refractivity contribution in [3.05, 3.63) is 105 Å². The van der Waals surface area contributed by atoms with Gasteiger partial charge in [-0.1, -0.05) is 36.4 Å². The zero-order valence-corrected chi connectivity index (χ0v) is 18.0. The highest BCUT2D eigenvalue weighted by Crippen LogP contribution is 2.32. The highest BCUT2D eigenvalue weighted by molar-refractivity contribution is 6.18. The van der Waals surface area contributed by atoms with Gasteiger partial charge in [0.15, 0.2) is 11.5 Å². The molecule has 0 N–H and O–H groups in total. The van der Waals surface area contributed by atoms with Crippen LogP contribution in [-0.4, -0.2) is 24.0 Å². The lowest BCUT2D eigenvalue weighted by Gasteiger charge is -2.24. The Morgan fingerprint density at radius 2 is 1.62 bits per heavy atom. The lowest BCUT2D eigenvalue weighted by molar-refractivity contribution is -0.384. The summed E-state index contributed by atoms with van der Waals surface area (Å²) in [5.74, 6) is -0.790. The van der Waals surface area contributed by atoms with Gasteiger partial charge in [-0.3, -0.25) is 10.1 Å². The number of hydrogen-bond donors (Lipinski definition) is 0. The molecule has 1 heterocycles. The Balaban J connectivity index is 1.47. The number of nitro benzene ring substituents is 1. The summed E-state index contributed by atoms with van der Waals surface area (Å²) in [6.07, 6.45) is 0.261. The molecule has 1 aliphatic heterocycles. The lowest BCUT2D eigenvalue weighted by atomic mass is 10.1. The zero-order valence-electron chi connectivity index (χ0n) is 18.0. The summed E-state index contributed by atoms with van der Waals surface area (Å²) >= 11 is 0. The first kappa shape index (κ1) is 22.5. The average molecular weight is 461 g/mol. The van der Waals surface area contributed by atoms with Gasteiger partial charge in [0.2, 0.25) is 0 Å². The zero-order chi connectivity index (χ0) is 24.1. The van der Waals surface area contributed by atoms with Gasteiger partial charge < -0.3 is 18.9 Å². The summed E-state index contributed by atoms with van der Waals surface area (Å²) in [5, 5.41) is 10.8. The number of cyclic esters (lactones) is 2. The number of carbonyl (C=O) groups excluding carboxylic acids is 2. The van der Waals surface area contributed by atoms with Gasteiger partial charge in [-0.15, -0.1) is 0 Å². The Morgan fingerprint density at radius 1 is 0.941 bits per heavy atom. The van der Waals surface area contributed by atoms with Crippen molar-refractivity contribution in [2.45, 2.75) is 12.9 Å². The minimum Gasteiger partial charge on any atom is -0.493 e. The van der Waals surface area contributed by atoms with E-state index in [1.807, 2.05) is 0 Å². The van der Waals surface area contributed by atoms with Crippen LogP contribution in [0.3, 0.4) is 0 Å². The first-order valence-corrected chi connectivity index (χ1v) is 10.2. The molecular weight excluding hydrogens is 442 g/mol. The van der Waals surface area contributed by atoms with E-state index in [2.05, 4.69) is 0 Å². The molecule has 0 unspecified atom stereocenters. The molecule has 0 radical (unpaired) electrons. The van der Waals surface area contributed by atoms with Crippen molar-refractivity contribution in [1.29, 1.82) is 0 Å². The monoisotopic (exact) mass is 461 g/mol.